The van der Waals surface area contributed by atoms with Crippen LogP contribution in [0.25, 0.3) is 104 Å². The summed E-state index contributed by atoms with van der Waals surface area (Å²) in [4.78, 5) is 0. The van der Waals surface area contributed by atoms with Crippen molar-refractivity contribution in [3.05, 3.63) is 176 Å². The highest BCUT2D eigenvalue weighted by Crippen LogP contribution is 2.49. The smallest absolute Gasteiger partial charge is 0.0553 e. The Kier molecular flexibility index (Phi) is 5.45. The standard InChI is InChI=1S/C48H29N/c1-2-12-33(13-3-1)49-44-28-25-30-11-4-5-14-35(30)47(44)48-41-18-9-8-17-38(41)43(29-45(48)49)32-23-21-31(22-24-32)34-26-27-42-37-16-7-6-15-36(37)40-20-10-19-39(34)46(40)42/h1-29H. The molecule has 0 saturated carbocycles. The van der Waals surface area contributed by atoms with Gasteiger partial charge >= 0.3 is 0 Å². The topological polar surface area (TPSA) is 4.93 Å². The van der Waals surface area contributed by atoms with Gasteiger partial charge in [0.2, 0.25) is 0 Å². The first-order valence-electron chi connectivity index (χ1n) is 17.0. The first-order chi connectivity index (χ1) is 24.3. The highest BCUT2D eigenvalue weighted by molar-refractivity contribution is 6.30. The van der Waals surface area contributed by atoms with Crippen LogP contribution >= 0.6 is 0 Å². The van der Waals surface area contributed by atoms with Gasteiger partial charge in [0.25, 0.3) is 0 Å². The lowest BCUT2D eigenvalue weighted by Gasteiger charge is -2.13. The predicted octanol–water partition coefficient (Wildman–Crippen LogP) is 13.2. The number of benzene rings is 9. The van der Waals surface area contributed by atoms with Crippen molar-refractivity contribution in [1.29, 1.82) is 0 Å². The lowest BCUT2D eigenvalue weighted by Crippen LogP contribution is -1.94. The molecule has 0 fully saturated rings. The van der Waals surface area contributed by atoms with Gasteiger partial charge in [-0.05, 0) is 101 Å². The van der Waals surface area contributed by atoms with Crippen LogP contribution in [-0.4, -0.2) is 4.57 Å². The first-order valence-corrected chi connectivity index (χ1v) is 17.0. The van der Waals surface area contributed by atoms with Crippen LogP contribution < -0.4 is 0 Å². The summed E-state index contributed by atoms with van der Waals surface area (Å²) in [6.07, 6.45) is 0. The van der Waals surface area contributed by atoms with Crippen molar-refractivity contribution in [2.45, 2.75) is 0 Å². The summed E-state index contributed by atoms with van der Waals surface area (Å²) >= 11 is 0. The van der Waals surface area contributed by atoms with Crippen LogP contribution in [-0.2, 0) is 0 Å². The van der Waals surface area contributed by atoms with Crippen LogP contribution in [0, 0.1) is 0 Å². The fourth-order valence-electron chi connectivity index (χ4n) is 8.62. The van der Waals surface area contributed by atoms with Gasteiger partial charge in [0.1, 0.15) is 0 Å². The molecule has 0 unspecified atom stereocenters. The molecule has 1 heteroatoms. The van der Waals surface area contributed by atoms with Crippen molar-refractivity contribution in [1.82, 2.24) is 4.57 Å². The quantitative estimate of drug-likeness (QED) is 0.185. The second-order valence-corrected chi connectivity index (χ2v) is 13.2. The van der Waals surface area contributed by atoms with Crippen molar-refractivity contribution in [2.75, 3.05) is 0 Å². The average molecular weight is 620 g/mol. The SMILES string of the molecule is c1ccc(-n2c3ccc4ccccc4c3c3c4ccccc4c(-c4ccc(-c5ccc6c7c(cccc57)-c5ccccc5-6)cc4)cc32)cc1. The second-order valence-electron chi connectivity index (χ2n) is 13.2. The van der Waals surface area contributed by atoms with E-state index in [0.717, 1.165) is 0 Å². The summed E-state index contributed by atoms with van der Waals surface area (Å²) in [5, 5.41) is 10.4. The number of nitrogens with zero attached hydrogens (tertiary/aromatic N) is 1. The van der Waals surface area contributed by atoms with Crippen molar-refractivity contribution < 1.29 is 0 Å². The molecular weight excluding hydrogens is 591 g/mol. The second kappa shape index (κ2) is 10.0. The number of aromatic nitrogens is 1. The molecular formula is C48H29N. The van der Waals surface area contributed by atoms with Gasteiger partial charge in [-0.1, -0.05) is 152 Å². The Balaban J connectivity index is 1.14. The molecule has 1 aliphatic rings. The van der Waals surface area contributed by atoms with Crippen LogP contribution in [0.5, 0.6) is 0 Å². The van der Waals surface area contributed by atoms with E-state index in [0.29, 0.717) is 0 Å². The summed E-state index contributed by atoms with van der Waals surface area (Å²) in [7, 11) is 0. The summed E-state index contributed by atoms with van der Waals surface area (Å²) in [6.45, 7) is 0. The van der Waals surface area contributed by atoms with Gasteiger partial charge in [-0.25, -0.2) is 0 Å². The molecule has 226 valence electrons. The van der Waals surface area contributed by atoms with E-state index in [4.69, 9.17) is 0 Å². The van der Waals surface area contributed by atoms with Gasteiger partial charge in [-0.2, -0.15) is 0 Å². The Morgan fingerprint density at radius 2 is 0.857 bits per heavy atom. The molecule has 11 rings (SSSR count). The Morgan fingerprint density at radius 1 is 0.286 bits per heavy atom. The van der Waals surface area contributed by atoms with Gasteiger partial charge in [0.15, 0.2) is 0 Å². The van der Waals surface area contributed by atoms with E-state index < -0.39 is 0 Å². The number of hydrogen-bond donors (Lipinski definition) is 0. The zero-order valence-electron chi connectivity index (χ0n) is 26.7. The molecule has 0 saturated heterocycles. The number of rotatable bonds is 3. The third-order valence-corrected chi connectivity index (χ3v) is 10.7. The summed E-state index contributed by atoms with van der Waals surface area (Å²) < 4.78 is 2.45. The highest BCUT2D eigenvalue weighted by Gasteiger charge is 2.23. The molecule has 1 heterocycles. The summed E-state index contributed by atoms with van der Waals surface area (Å²) in [5.74, 6) is 0. The highest BCUT2D eigenvalue weighted by atomic mass is 15.0. The van der Waals surface area contributed by atoms with Gasteiger partial charge in [-0.3, -0.25) is 0 Å². The zero-order valence-corrected chi connectivity index (χ0v) is 26.7. The Labute approximate surface area is 283 Å². The van der Waals surface area contributed by atoms with E-state index >= 15 is 0 Å². The fourth-order valence-corrected chi connectivity index (χ4v) is 8.62. The molecule has 0 bridgehead atoms. The molecule has 49 heavy (non-hydrogen) atoms. The van der Waals surface area contributed by atoms with Crippen LogP contribution in [0.15, 0.2) is 176 Å². The summed E-state index contributed by atoms with van der Waals surface area (Å²) in [5.41, 5.74) is 13.9. The minimum Gasteiger partial charge on any atom is -0.309 e. The minimum absolute atomic E-state index is 1.17. The number of para-hydroxylation sites is 1. The monoisotopic (exact) mass is 619 g/mol. The molecule has 0 atom stereocenters. The number of fused-ring (bicyclic) bond motifs is 10. The van der Waals surface area contributed by atoms with Crippen molar-refractivity contribution in [2.24, 2.45) is 0 Å². The Bertz CT molecular complexity index is 2930. The summed E-state index contributed by atoms with van der Waals surface area (Å²) in [6, 6.07) is 64.9. The molecule has 0 spiro atoms. The third-order valence-electron chi connectivity index (χ3n) is 10.7. The zero-order chi connectivity index (χ0) is 32.1. The van der Waals surface area contributed by atoms with Crippen LogP contribution in [0.3, 0.4) is 0 Å². The van der Waals surface area contributed by atoms with Gasteiger partial charge in [0, 0.05) is 16.5 Å². The largest absolute Gasteiger partial charge is 0.309 e. The van der Waals surface area contributed by atoms with Gasteiger partial charge in [0.05, 0.1) is 11.0 Å². The maximum Gasteiger partial charge on any atom is 0.0553 e. The molecule has 0 aliphatic heterocycles. The third kappa shape index (κ3) is 3.70. The normalized spacial score (nSPS) is 12.1. The van der Waals surface area contributed by atoms with Crippen molar-refractivity contribution >= 4 is 54.1 Å². The van der Waals surface area contributed by atoms with E-state index in [1.54, 1.807) is 0 Å². The van der Waals surface area contributed by atoms with E-state index in [2.05, 4.69) is 180 Å². The van der Waals surface area contributed by atoms with Crippen molar-refractivity contribution in [3.8, 4) is 50.2 Å². The average Bonchev–Trinajstić information content (AvgIpc) is 3.69. The molecule has 10 aromatic rings. The molecule has 1 nitrogen and oxygen atoms in total. The lowest BCUT2D eigenvalue weighted by atomic mass is 9.91. The Hall–Kier alpha value is -6.44. The maximum absolute atomic E-state index is 2.45. The molecule has 9 aromatic carbocycles. The maximum atomic E-state index is 2.45. The fraction of sp³-hybridized carbons (Fsp3) is 0. The van der Waals surface area contributed by atoms with Crippen LogP contribution in [0.2, 0.25) is 0 Å². The molecule has 0 radical (unpaired) electrons. The molecule has 0 N–H and O–H groups in total. The van der Waals surface area contributed by atoms with Crippen molar-refractivity contribution in [3.63, 3.8) is 0 Å². The first kappa shape index (κ1) is 26.6. The van der Waals surface area contributed by atoms with Crippen LogP contribution in [0.1, 0.15) is 0 Å². The minimum atomic E-state index is 1.17. The van der Waals surface area contributed by atoms with Gasteiger partial charge < -0.3 is 4.57 Å². The van der Waals surface area contributed by atoms with Gasteiger partial charge in [-0.15, -0.1) is 0 Å². The number of hydrogen-bond acceptors (Lipinski definition) is 0. The lowest BCUT2D eigenvalue weighted by molar-refractivity contribution is 1.18. The van der Waals surface area contributed by atoms with E-state index in [9.17, 15) is 0 Å². The predicted molar refractivity (Wildman–Crippen MR) is 209 cm³/mol. The van der Waals surface area contributed by atoms with E-state index in [1.807, 2.05) is 0 Å². The molecule has 1 aliphatic carbocycles. The Morgan fingerprint density at radius 3 is 1.65 bits per heavy atom. The molecule has 0 amide bonds. The molecule has 1 aromatic heterocycles. The van der Waals surface area contributed by atoms with Crippen LogP contribution in [0.4, 0.5) is 0 Å². The van der Waals surface area contributed by atoms with E-state index in [1.165, 1.54) is 104 Å². The van der Waals surface area contributed by atoms with E-state index in [-0.39, 0.29) is 0 Å².